The molecule has 26 heavy (non-hydrogen) atoms. The second-order valence-corrected chi connectivity index (χ2v) is 6.72. The Labute approximate surface area is 150 Å². The van der Waals surface area contributed by atoms with Gasteiger partial charge < -0.3 is 4.90 Å². The number of rotatable bonds is 3. The van der Waals surface area contributed by atoms with E-state index in [0.717, 1.165) is 23.9 Å². The maximum absolute atomic E-state index is 13.8. The van der Waals surface area contributed by atoms with Crippen LogP contribution in [0.1, 0.15) is 44.9 Å². The van der Waals surface area contributed by atoms with Crippen LogP contribution in [-0.4, -0.2) is 39.5 Å². The molecule has 3 rings (SSSR count). The van der Waals surface area contributed by atoms with Crippen molar-refractivity contribution in [2.24, 2.45) is 13.0 Å². The molecule has 0 radical (unpaired) electrons. The molecule has 0 N–H and O–H groups in total. The van der Waals surface area contributed by atoms with Crippen LogP contribution in [0.2, 0.25) is 0 Å². The lowest BCUT2D eigenvalue weighted by atomic mass is 9.88. The zero-order chi connectivity index (χ0) is 19.0. The van der Waals surface area contributed by atoms with Crippen molar-refractivity contribution in [1.29, 1.82) is 0 Å². The number of amides is 1. The van der Waals surface area contributed by atoms with Gasteiger partial charge in [0.2, 0.25) is 0 Å². The summed E-state index contributed by atoms with van der Waals surface area (Å²) in [5, 5.41) is 4.27. The minimum Gasteiger partial charge on any atom is -0.338 e. The van der Waals surface area contributed by atoms with Gasteiger partial charge in [-0.25, -0.2) is 8.78 Å². The van der Waals surface area contributed by atoms with Crippen LogP contribution >= 0.6 is 0 Å². The van der Waals surface area contributed by atoms with Crippen molar-refractivity contribution in [1.82, 2.24) is 14.7 Å². The summed E-state index contributed by atoms with van der Waals surface area (Å²) < 4.78 is 28.8. The number of carbonyl (C=O) groups is 2. The number of halogens is 2. The number of ketones is 1. The van der Waals surface area contributed by atoms with E-state index in [1.54, 1.807) is 23.6 Å². The van der Waals surface area contributed by atoms with Crippen molar-refractivity contribution >= 4 is 11.7 Å². The molecule has 0 bridgehead atoms. The number of aromatic nitrogens is 2. The highest BCUT2D eigenvalue weighted by atomic mass is 19.1. The zero-order valence-electron chi connectivity index (χ0n) is 15.1. The Hall–Kier alpha value is -2.57. The summed E-state index contributed by atoms with van der Waals surface area (Å²) in [6.07, 6.45) is 0.859. The third-order valence-electron chi connectivity index (χ3n) is 5.07. The predicted octanol–water partition coefficient (Wildman–Crippen LogP) is 3.05. The van der Waals surface area contributed by atoms with Crippen molar-refractivity contribution in [3.8, 4) is 0 Å². The SMILES string of the molecule is Cc1nn(C)c(C)c1C(=O)N1CCC(C(=O)c2cc(F)ccc2F)CC1. The number of hydrogen-bond acceptors (Lipinski definition) is 3. The lowest BCUT2D eigenvalue weighted by molar-refractivity contribution is 0.0647. The Morgan fingerprint density at radius 1 is 1.15 bits per heavy atom. The number of benzene rings is 1. The largest absolute Gasteiger partial charge is 0.338 e. The third kappa shape index (κ3) is 3.25. The van der Waals surface area contributed by atoms with E-state index in [9.17, 15) is 18.4 Å². The first kappa shape index (κ1) is 18.2. The van der Waals surface area contributed by atoms with Gasteiger partial charge in [-0.1, -0.05) is 0 Å². The predicted molar refractivity (Wildman–Crippen MR) is 92.0 cm³/mol. The Morgan fingerprint density at radius 2 is 1.81 bits per heavy atom. The maximum atomic E-state index is 13.8. The summed E-state index contributed by atoms with van der Waals surface area (Å²) in [4.78, 5) is 27.0. The minimum absolute atomic E-state index is 0.101. The normalized spacial score (nSPS) is 15.3. The number of piperidine rings is 1. The molecular weight excluding hydrogens is 340 g/mol. The molecule has 5 nitrogen and oxygen atoms in total. The third-order valence-corrected chi connectivity index (χ3v) is 5.07. The van der Waals surface area contributed by atoms with Gasteiger partial charge in [0.1, 0.15) is 11.6 Å². The summed E-state index contributed by atoms with van der Waals surface area (Å²) in [7, 11) is 1.79. The number of aryl methyl sites for hydroxylation is 2. The van der Waals surface area contributed by atoms with E-state index in [1.165, 1.54) is 0 Å². The fourth-order valence-electron chi connectivity index (χ4n) is 3.49. The molecule has 1 aliphatic rings. The van der Waals surface area contributed by atoms with Crippen LogP contribution in [0.5, 0.6) is 0 Å². The Balaban J connectivity index is 1.70. The Kier molecular flexibility index (Phi) is 4.89. The summed E-state index contributed by atoms with van der Waals surface area (Å²) in [5.41, 5.74) is 1.85. The van der Waals surface area contributed by atoms with Crippen molar-refractivity contribution in [3.63, 3.8) is 0 Å². The molecule has 0 spiro atoms. The first-order valence-electron chi connectivity index (χ1n) is 8.58. The van der Waals surface area contributed by atoms with Crippen LogP contribution in [0.3, 0.4) is 0 Å². The Morgan fingerprint density at radius 3 is 2.38 bits per heavy atom. The smallest absolute Gasteiger partial charge is 0.257 e. The Bertz CT molecular complexity index is 868. The average Bonchev–Trinajstić information content (AvgIpc) is 2.88. The fraction of sp³-hybridized carbons (Fsp3) is 0.421. The van der Waals surface area contributed by atoms with Crippen molar-refractivity contribution < 1.29 is 18.4 Å². The summed E-state index contributed by atoms with van der Waals surface area (Å²) >= 11 is 0. The number of hydrogen-bond donors (Lipinski definition) is 0. The molecule has 2 aromatic rings. The zero-order valence-corrected chi connectivity index (χ0v) is 15.1. The molecule has 1 saturated heterocycles. The highest BCUT2D eigenvalue weighted by molar-refractivity contribution is 5.99. The minimum atomic E-state index is -0.712. The van der Waals surface area contributed by atoms with E-state index in [4.69, 9.17) is 0 Å². The average molecular weight is 361 g/mol. The first-order chi connectivity index (χ1) is 12.3. The summed E-state index contributed by atoms with van der Waals surface area (Å²) in [5.74, 6) is -2.26. The van der Waals surface area contributed by atoms with Gasteiger partial charge in [-0.2, -0.15) is 5.10 Å². The van der Waals surface area contributed by atoms with Crippen LogP contribution in [0.25, 0.3) is 0 Å². The van der Waals surface area contributed by atoms with E-state index < -0.39 is 23.3 Å². The summed E-state index contributed by atoms with van der Waals surface area (Å²) in [6, 6.07) is 2.90. The molecule has 0 saturated carbocycles. The highest BCUT2D eigenvalue weighted by Gasteiger charge is 2.31. The molecule has 1 aliphatic heterocycles. The van der Waals surface area contributed by atoms with Gasteiger partial charge in [0.05, 0.1) is 16.8 Å². The molecule has 1 aromatic carbocycles. The topological polar surface area (TPSA) is 55.2 Å². The lowest BCUT2D eigenvalue weighted by Crippen LogP contribution is -2.40. The standard InChI is InChI=1S/C19H21F2N3O2/c1-11-17(12(2)23(3)22-11)19(26)24-8-6-13(7-9-24)18(25)15-10-14(20)4-5-16(15)21/h4-5,10,13H,6-9H2,1-3H3. The highest BCUT2D eigenvalue weighted by Crippen LogP contribution is 2.25. The quantitative estimate of drug-likeness (QED) is 0.790. The van der Waals surface area contributed by atoms with Crippen LogP contribution < -0.4 is 0 Å². The van der Waals surface area contributed by atoms with E-state index in [1.807, 2.05) is 6.92 Å². The van der Waals surface area contributed by atoms with Gasteiger partial charge in [0, 0.05) is 31.7 Å². The lowest BCUT2D eigenvalue weighted by Gasteiger charge is -2.31. The van der Waals surface area contributed by atoms with Crippen molar-refractivity contribution in [2.75, 3.05) is 13.1 Å². The van der Waals surface area contributed by atoms with Gasteiger partial charge >= 0.3 is 0 Å². The van der Waals surface area contributed by atoms with Gasteiger partial charge in [-0.15, -0.1) is 0 Å². The second-order valence-electron chi connectivity index (χ2n) is 6.72. The molecular formula is C19H21F2N3O2. The van der Waals surface area contributed by atoms with E-state index in [0.29, 0.717) is 37.2 Å². The van der Waals surface area contributed by atoms with E-state index >= 15 is 0 Å². The number of Topliss-reactive ketones (excluding diaryl/α,β-unsaturated/α-hetero) is 1. The molecule has 0 atom stereocenters. The van der Waals surface area contributed by atoms with Crippen LogP contribution in [-0.2, 0) is 7.05 Å². The second kappa shape index (κ2) is 6.97. The molecule has 138 valence electrons. The van der Waals surface area contributed by atoms with Gasteiger partial charge in [0.15, 0.2) is 5.78 Å². The van der Waals surface area contributed by atoms with Gasteiger partial charge in [0.25, 0.3) is 5.91 Å². The molecule has 7 heteroatoms. The van der Waals surface area contributed by atoms with Crippen LogP contribution in [0.4, 0.5) is 8.78 Å². The van der Waals surface area contributed by atoms with Gasteiger partial charge in [-0.05, 0) is 44.9 Å². The molecule has 1 aromatic heterocycles. The fourth-order valence-corrected chi connectivity index (χ4v) is 3.49. The van der Waals surface area contributed by atoms with Crippen molar-refractivity contribution in [3.05, 3.63) is 52.3 Å². The molecule has 2 heterocycles. The van der Waals surface area contributed by atoms with E-state index in [-0.39, 0.29) is 11.5 Å². The van der Waals surface area contributed by atoms with Gasteiger partial charge in [-0.3, -0.25) is 14.3 Å². The molecule has 1 fully saturated rings. The molecule has 0 unspecified atom stereocenters. The van der Waals surface area contributed by atoms with Crippen molar-refractivity contribution in [2.45, 2.75) is 26.7 Å². The monoisotopic (exact) mass is 361 g/mol. The molecule has 1 amide bonds. The molecule has 0 aliphatic carbocycles. The van der Waals surface area contributed by atoms with E-state index in [2.05, 4.69) is 5.10 Å². The summed E-state index contributed by atoms with van der Waals surface area (Å²) in [6.45, 7) is 4.44. The van der Waals surface area contributed by atoms with Crippen LogP contribution in [0.15, 0.2) is 18.2 Å². The van der Waals surface area contributed by atoms with Crippen LogP contribution in [0, 0.1) is 31.4 Å². The first-order valence-corrected chi connectivity index (χ1v) is 8.58. The maximum Gasteiger partial charge on any atom is 0.257 e. The number of likely N-dealkylation sites (tertiary alicyclic amines) is 1. The number of nitrogens with zero attached hydrogens (tertiary/aromatic N) is 3. The number of carbonyl (C=O) groups excluding carboxylic acids is 2.